The topological polar surface area (TPSA) is 47.5 Å². The average Bonchev–Trinajstić information content (AvgIpc) is 2.96. The Bertz CT molecular complexity index is 1270. The molecule has 38 heavy (non-hydrogen) atoms. The maximum atomic E-state index is 5.98. The van der Waals surface area contributed by atoms with Crippen molar-refractivity contribution in [3.63, 3.8) is 0 Å². The molecule has 4 aromatic rings. The second kappa shape index (κ2) is 13.9. The third-order valence-corrected chi connectivity index (χ3v) is 6.70. The highest BCUT2D eigenvalue weighted by atomic mass is 35.5. The van der Waals surface area contributed by atoms with E-state index in [0.29, 0.717) is 11.6 Å². The molecule has 0 atom stereocenters. The summed E-state index contributed by atoms with van der Waals surface area (Å²) in [6.07, 6.45) is 3.12. The highest BCUT2D eigenvalue weighted by molar-refractivity contribution is 6.30. The molecule has 1 aromatic heterocycles. The van der Waals surface area contributed by atoms with E-state index in [9.17, 15) is 0 Å². The van der Waals surface area contributed by atoms with Crippen LogP contribution in [0, 0.1) is 0 Å². The van der Waals surface area contributed by atoms with Gasteiger partial charge in [0, 0.05) is 28.4 Å². The predicted octanol–water partition coefficient (Wildman–Crippen LogP) is 8.32. The van der Waals surface area contributed by atoms with Gasteiger partial charge in [-0.2, -0.15) is 0 Å². The van der Waals surface area contributed by atoms with Crippen LogP contribution in [0.15, 0.2) is 78.9 Å². The van der Waals surface area contributed by atoms with Gasteiger partial charge in [0.05, 0.1) is 5.69 Å². The second-order valence-electron chi connectivity index (χ2n) is 9.15. The largest absolute Gasteiger partial charge is 0.492 e. The van der Waals surface area contributed by atoms with E-state index < -0.39 is 0 Å². The molecule has 5 nitrogen and oxygen atoms in total. The van der Waals surface area contributed by atoms with Crippen LogP contribution in [0.5, 0.6) is 17.2 Å². The lowest BCUT2D eigenvalue weighted by atomic mass is 10.1. The second-order valence-corrected chi connectivity index (χ2v) is 9.59. The van der Waals surface area contributed by atoms with E-state index in [-0.39, 0.29) is 0 Å². The van der Waals surface area contributed by atoms with E-state index in [0.717, 1.165) is 84.5 Å². The summed E-state index contributed by atoms with van der Waals surface area (Å²) >= 11 is 5.98. The summed E-state index contributed by atoms with van der Waals surface area (Å²) in [6.45, 7) is 10.2. The quantitative estimate of drug-likeness (QED) is 0.174. The molecule has 0 saturated carbocycles. The van der Waals surface area contributed by atoms with Gasteiger partial charge in [-0.05, 0) is 105 Å². The zero-order chi connectivity index (χ0) is 26.7. The molecule has 0 saturated heterocycles. The lowest BCUT2D eigenvalue weighted by molar-refractivity contribution is 0.223. The lowest BCUT2D eigenvalue weighted by Crippen LogP contribution is -2.27. The van der Waals surface area contributed by atoms with Crippen LogP contribution in [0.25, 0.3) is 22.6 Å². The predicted molar refractivity (Wildman–Crippen MR) is 156 cm³/mol. The monoisotopic (exact) mass is 529 g/mol. The maximum absolute atomic E-state index is 5.98. The van der Waals surface area contributed by atoms with Gasteiger partial charge in [0.25, 0.3) is 0 Å². The fraction of sp³-hybridized carbons (Fsp3) is 0.312. The zero-order valence-corrected chi connectivity index (χ0v) is 23.2. The molecule has 0 aliphatic carbocycles. The minimum Gasteiger partial charge on any atom is -0.492 e. The average molecular weight is 530 g/mol. The summed E-state index contributed by atoms with van der Waals surface area (Å²) in [5.41, 5.74) is 3.95. The first-order valence-corrected chi connectivity index (χ1v) is 13.8. The van der Waals surface area contributed by atoms with Crippen molar-refractivity contribution in [2.24, 2.45) is 0 Å². The highest BCUT2D eigenvalue weighted by Gasteiger charge is 2.10. The van der Waals surface area contributed by atoms with Crippen LogP contribution in [0.4, 0.5) is 0 Å². The minimum absolute atomic E-state index is 0.673. The molecule has 198 valence electrons. The van der Waals surface area contributed by atoms with Gasteiger partial charge >= 0.3 is 0 Å². The van der Waals surface area contributed by atoms with Gasteiger partial charge in [0.15, 0.2) is 5.82 Å². The van der Waals surface area contributed by atoms with E-state index in [1.165, 1.54) is 0 Å². The van der Waals surface area contributed by atoms with Crippen molar-refractivity contribution < 1.29 is 9.47 Å². The van der Waals surface area contributed by atoms with Crippen molar-refractivity contribution in [3.05, 3.63) is 89.6 Å². The van der Waals surface area contributed by atoms with Crippen LogP contribution in [-0.4, -0.2) is 41.1 Å². The van der Waals surface area contributed by atoms with Gasteiger partial charge in [-0.3, -0.25) is 0 Å². The number of hydrogen-bond donors (Lipinski definition) is 0. The Balaban J connectivity index is 1.51. The van der Waals surface area contributed by atoms with Gasteiger partial charge in [0.1, 0.15) is 23.9 Å². The Morgan fingerprint density at radius 2 is 1.34 bits per heavy atom. The molecular weight excluding hydrogens is 494 g/mol. The highest BCUT2D eigenvalue weighted by Crippen LogP contribution is 2.28. The van der Waals surface area contributed by atoms with E-state index >= 15 is 0 Å². The lowest BCUT2D eigenvalue weighted by Gasteiger charge is -2.18. The molecule has 6 heteroatoms. The Kier molecular flexibility index (Phi) is 10.1. The Morgan fingerprint density at radius 1 is 0.737 bits per heavy atom. The van der Waals surface area contributed by atoms with E-state index in [4.69, 9.17) is 31.0 Å². The summed E-state index contributed by atoms with van der Waals surface area (Å²) in [7, 11) is 0. The molecule has 0 spiro atoms. The van der Waals surface area contributed by atoms with Crippen molar-refractivity contribution >= 4 is 11.6 Å². The van der Waals surface area contributed by atoms with Crippen molar-refractivity contribution in [2.75, 3.05) is 26.2 Å². The summed E-state index contributed by atoms with van der Waals surface area (Å²) < 4.78 is 11.9. The minimum atomic E-state index is 0.673. The molecule has 0 radical (unpaired) electrons. The fourth-order valence-electron chi connectivity index (χ4n) is 4.13. The summed E-state index contributed by atoms with van der Waals surface area (Å²) in [6, 6.07) is 25.5. The molecule has 1 heterocycles. The third kappa shape index (κ3) is 7.80. The number of likely N-dealkylation sites (N-methyl/N-ethyl adjacent to an activating group) is 1. The molecule has 0 amide bonds. The Hall–Kier alpha value is -3.41. The van der Waals surface area contributed by atoms with E-state index in [2.05, 4.69) is 31.7 Å². The van der Waals surface area contributed by atoms with Crippen LogP contribution in [0.1, 0.15) is 39.3 Å². The van der Waals surface area contributed by atoms with Crippen LogP contribution in [-0.2, 0) is 6.42 Å². The van der Waals surface area contributed by atoms with E-state index in [1.54, 1.807) is 0 Å². The molecule has 4 rings (SSSR count). The number of ether oxygens (including phenoxy) is 2. The van der Waals surface area contributed by atoms with Crippen LogP contribution in [0.2, 0.25) is 5.02 Å². The Morgan fingerprint density at radius 3 is 1.97 bits per heavy atom. The number of rotatable bonds is 13. The SMILES string of the molecule is CCCCc1cc(-c2ccc(Oc3ccc(Cl)cc3)cc2)nc(-c2ccc(OCCN(CC)CC)cc2)n1. The molecular formula is C32H36ClN3O2. The zero-order valence-electron chi connectivity index (χ0n) is 22.5. The summed E-state index contributed by atoms with van der Waals surface area (Å²) in [5.74, 6) is 3.09. The third-order valence-electron chi connectivity index (χ3n) is 6.45. The van der Waals surface area contributed by atoms with Gasteiger partial charge in [-0.1, -0.05) is 38.8 Å². The number of hydrogen-bond acceptors (Lipinski definition) is 5. The number of aryl methyl sites for hydroxylation is 1. The first-order valence-electron chi connectivity index (χ1n) is 13.4. The Labute approximate surface area is 231 Å². The summed E-state index contributed by atoms with van der Waals surface area (Å²) in [5, 5.41) is 0.684. The van der Waals surface area contributed by atoms with Crippen LogP contribution < -0.4 is 9.47 Å². The molecule has 0 aliphatic heterocycles. The summed E-state index contributed by atoms with van der Waals surface area (Å²) in [4.78, 5) is 12.2. The van der Waals surface area contributed by atoms with E-state index in [1.807, 2.05) is 72.8 Å². The number of unbranched alkanes of at least 4 members (excludes halogenated alkanes) is 1. The normalized spacial score (nSPS) is 11.1. The smallest absolute Gasteiger partial charge is 0.160 e. The van der Waals surface area contributed by atoms with Crippen molar-refractivity contribution in [1.29, 1.82) is 0 Å². The number of benzene rings is 3. The standard InChI is InChI=1S/C32H36ClN3O2/c1-4-7-8-27-23-31(24-9-17-29(18-10-24)38-30-19-13-26(33)14-20-30)35-32(34-27)25-11-15-28(16-12-25)37-22-21-36(5-2)6-3/h9-20,23H,4-8,21-22H2,1-3H3. The molecule has 0 aliphatic rings. The number of aromatic nitrogens is 2. The van der Waals surface area contributed by atoms with Gasteiger partial charge in [0.2, 0.25) is 0 Å². The van der Waals surface area contributed by atoms with Crippen molar-refractivity contribution in [2.45, 2.75) is 40.0 Å². The maximum Gasteiger partial charge on any atom is 0.160 e. The van der Waals surface area contributed by atoms with Gasteiger partial charge in [-0.25, -0.2) is 9.97 Å². The van der Waals surface area contributed by atoms with Crippen LogP contribution >= 0.6 is 11.6 Å². The van der Waals surface area contributed by atoms with Gasteiger partial charge < -0.3 is 14.4 Å². The van der Waals surface area contributed by atoms with Crippen LogP contribution in [0.3, 0.4) is 0 Å². The molecule has 0 bridgehead atoms. The molecule has 0 fully saturated rings. The first-order chi connectivity index (χ1) is 18.6. The molecule has 0 unspecified atom stereocenters. The molecule has 3 aromatic carbocycles. The molecule has 0 N–H and O–H groups in total. The van der Waals surface area contributed by atoms with Crippen molar-refractivity contribution in [3.8, 4) is 39.9 Å². The number of halogens is 1. The first kappa shape index (κ1) is 27.6. The van der Waals surface area contributed by atoms with Crippen molar-refractivity contribution in [1.82, 2.24) is 14.9 Å². The number of nitrogens with zero attached hydrogens (tertiary/aromatic N) is 3. The fourth-order valence-corrected chi connectivity index (χ4v) is 4.25. The van der Waals surface area contributed by atoms with Gasteiger partial charge in [-0.15, -0.1) is 0 Å².